The number of carboxylic acid groups (broad SMARTS) is 1. The van der Waals surface area contributed by atoms with Crippen LogP contribution in [0.15, 0.2) is 12.5 Å². The van der Waals surface area contributed by atoms with Crippen molar-refractivity contribution >= 4 is 5.97 Å². The van der Waals surface area contributed by atoms with E-state index in [4.69, 9.17) is 5.11 Å². The van der Waals surface area contributed by atoms with Crippen LogP contribution >= 0.6 is 0 Å². The van der Waals surface area contributed by atoms with Crippen LogP contribution in [0.5, 0.6) is 0 Å². The van der Waals surface area contributed by atoms with Crippen molar-refractivity contribution in [3.05, 3.63) is 18.2 Å². The first kappa shape index (κ1) is 13.7. The average Bonchev–Trinajstić information content (AvgIpc) is 2.76. The van der Waals surface area contributed by atoms with Crippen molar-refractivity contribution in [1.82, 2.24) is 14.5 Å². The number of aryl methyl sites for hydroxylation is 1. The molecular formula is C12H21N3O2. The Morgan fingerprint density at radius 3 is 2.59 bits per heavy atom. The van der Waals surface area contributed by atoms with E-state index in [0.717, 1.165) is 25.3 Å². The van der Waals surface area contributed by atoms with Gasteiger partial charge in [-0.25, -0.2) is 4.98 Å². The molecule has 0 aliphatic carbocycles. The van der Waals surface area contributed by atoms with Crippen molar-refractivity contribution in [2.45, 2.75) is 39.8 Å². The Morgan fingerprint density at radius 2 is 2.12 bits per heavy atom. The van der Waals surface area contributed by atoms with Crippen LogP contribution in [-0.2, 0) is 11.3 Å². The fourth-order valence-corrected chi connectivity index (χ4v) is 2.12. The first-order valence-electron chi connectivity index (χ1n) is 6.09. The molecule has 1 rings (SSSR count). The molecule has 0 aliphatic heterocycles. The van der Waals surface area contributed by atoms with Crippen molar-refractivity contribution in [1.29, 1.82) is 0 Å². The van der Waals surface area contributed by atoms with E-state index in [1.807, 2.05) is 25.3 Å². The van der Waals surface area contributed by atoms with Crippen LogP contribution in [-0.4, -0.2) is 38.6 Å². The molecule has 1 heterocycles. The second kappa shape index (κ2) is 6.39. The van der Waals surface area contributed by atoms with Crippen molar-refractivity contribution in [3.8, 4) is 0 Å². The molecule has 0 spiro atoms. The van der Waals surface area contributed by atoms with Gasteiger partial charge in [0, 0.05) is 12.7 Å². The lowest BCUT2D eigenvalue weighted by Crippen LogP contribution is -2.31. The minimum Gasteiger partial charge on any atom is -0.481 e. The van der Waals surface area contributed by atoms with Crippen LogP contribution in [0.4, 0.5) is 0 Å². The van der Waals surface area contributed by atoms with Crippen LogP contribution in [0.1, 0.15) is 38.9 Å². The Morgan fingerprint density at radius 1 is 1.47 bits per heavy atom. The fourth-order valence-electron chi connectivity index (χ4n) is 2.12. The molecule has 1 aromatic rings. The zero-order chi connectivity index (χ0) is 12.8. The highest BCUT2D eigenvalue weighted by Crippen LogP contribution is 2.23. The second-order valence-corrected chi connectivity index (χ2v) is 3.94. The molecule has 0 saturated heterocycles. The number of hydrogen-bond acceptors (Lipinski definition) is 3. The SMILES string of the molecule is CCN(CC)C(CC(=O)O)c1cncn1CC. The van der Waals surface area contributed by atoms with Crippen molar-refractivity contribution < 1.29 is 9.90 Å². The minimum absolute atomic E-state index is 0.0926. The lowest BCUT2D eigenvalue weighted by molar-refractivity contribution is -0.138. The van der Waals surface area contributed by atoms with Gasteiger partial charge in [-0.05, 0) is 20.0 Å². The van der Waals surface area contributed by atoms with Crippen LogP contribution in [0.2, 0.25) is 0 Å². The summed E-state index contributed by atoms with van der Waals surface area (Å²) in [7, 11) is 0. The van der Waals surface area contributed by atoms with E-state index < -0.39 is 5.97 Å². The number of carbonyl (C=O) groups is 1. The second-order valence-electron chi connectivity index (χ2n) is 3.94. The van der Waals surface area contributed by atoms with Crippen LogP contribution in [0.3, 0.4) is 0 Å². The van der Waals surface area contributed by atoms with Crippen LogP contribution in [0, 0.1) is 0 Å². The Bertz CT molecular complexity index is 358. The summed E-state index contributed by atoms with van der Waals surface area (Å²) in [5, 5.41) is 9.03. The summed E-state index contributed by atoms with van der Waals surface area (Å²) in [6.45, 7) is 8.61. The number of aliphatic carboxylic acids is 1. The third-order valence-corrected chi connectivity index (χ3v) is 3.05. The number of hydrogen-bond donors (Lipinski definition) is 1. The molecule has 17 heavy (non-hydrogen) atoms. The molecule has 0 bridgehead atoms. The van der Waals surface area contributed by atoms with Gasteiger partial charge >= 0.3 is 5.97 Å². The summed E-state index contributed by atoms with van der Waals surface area (Å²) in [5.74, 6) is -0.772. The summed E-state index contributed by atoms with van der Waals surface area (Å²) in [6, 6.07) is -0.0926. The number of imidazole rings is 1. The molecule has 1 atom stereocenters. The van der Waals surface area contributed by atoms with Gasteiger partial charge in [-0.1, -0.05) is 13.8 Å². The molecule has 96 valence electrons. The summed E-state index contributed by atoms with van der Waals surface area (Å²) in [4.78, 5) is 17.3. The maximum Gasteiger partial charge on any atom is 0.305 e. The van der Waals surface area contributed by atoms with Gasteiger partial charge < -0.3 is 9.67 Å². The van der Waals surface area contributed by atoms with Crippen molar-refractivity contribution in [2.75, 3.05) is 13.1 Å². The van der Waals surface area contributed by atoms with E-state index in [1.54, 1.807) is 12.5 Å². The Balaban J connectivity index is 3.00. The highest BCUT2D eigenvalue weighted by atomic mass is 16.4. The summed E-state index contributed by atoms with van der Waals surface area (Å²) < 4.78 is 2.01. The average molecular weight is 239 g/mol. The number of rotatable bonds is 7. The Hall–Kier alpha value is -1.36. The molecular weight excluding hydrogens is 218 g/mol. The highest BCUT2D eigenvalue weighted by Gasteiger charge is 2.23. The predicted octanol–water partition coefficient (Wildman–Crippen LogP) is 1.76. The van der Waals surface area contributed by atoms with Gasteiger partial charge in [0.2, 0.25) is 0 Å². The maximum atomic E-state index is 11.0. The number of carboxylic acids is 1. The molecule has 0 aromatic carbocycles. The van der Waals surface area contributed by atoms with E-state index in [-0.39, 0.29) is 12.5 Å². The Kier molecular flexibility index (Phi) is 5.15. The van der Waals surface area contributed by atoms with E-state index in [9.17, 15) is 4.79 Å². The largest absolute Gasteiger partial charge is 0.481 e. The first-order valence-corrected chi connectivity index (χ1v) is 6.09. The van der Waals surface area contributed by atoms with Gasteiger partial charge in [0.1, 0.15) is 0 Å². The lowest BCUT2D eigenvalue weighted by Gasteiger charge is -2.29. The first-order chi connectivity index (χ1) is 8.13. The predicted molar refractivity (Wildman–Crippen MR) is 65.8 cm³/mol. The van der Waals surface area contributed by atoms with Crippen LogP contribution in [0.25, 0.3) is 0 Å². The minimum atomic E-state index is -0.772. The summed E-state index contributed by atoms with van der Waals surface area (Å²) in [5.41, 5.74) is 0.985. The zero-order valence-corrected chi connectivity index (χ0v) is 10.8. The van der Waals surface area contributed by atoms with Gasteiger partial charge in [-0.2, -0.15) is 0 Å². The number of aromatic nitrogens is 2. The normalized spacial score (nSPS) is 12.9. The third-order valence-electron chi connectivity index (χ3n) is 3.05. The number of nitrogens with zero attached hydrogens (tertiary/aromatic N) is 3. The molecule has 0 fully saturated rings. The lowest BCUT2D eigenvalue weighted by atomic mass is 10.1. The molecule has 0 amide bonds. The van der Waals surface area contributed by atoms with Crippen LogP contribution < -0.4 is 0 Å². The Labute approximate surface area is 102 Å². The third kappa shape index (κ3) is 3.30. The van der Waals surface area contributed by atoms with Gasteiger partial charge in [-0.15, -0.1) is 0 Å². The van der Waals surface area contributed by atoms with E-state index in [1.165, 1.54) is 0 Å². The van der Waals surface area contributed by atoms with E-state index in [0.29, 0.717) is 0 Å². The van der Waals surface area contributed by atoms with Gasteiger partial charge in [-0.3, -0.25) is 9.69 Å². The molecule has 1 N–H and O–H groups in total. The van der Waals surface area contributed by atoms with Crippen molar-refractivity contribution in [3.63, 3.8) is 0 Å². The molecule has 5 nitrogen and oxygen atoms in total. The van der Waals surface area contributed by atoms with Gasteiger partial charge in [0.25, 0.3) is 0 Å². The molecule has 0 saturated carbocycles. The summed E-state index contributed by atoms with van der Waals surface area (Å²) in [6.07, 6.45) is 3.65. The smallest absolute Gasteiger partial charge is 0.305 e. The van der Waals surface area contributed by atoms with Gasteiger partial charge in [0.15, 0.2) is 0 Å². The van der Waals surface area contributed by atoms with Gasteiger partial charge in [0.05, 0.1) is 24.5 Å². The zero-order valence-electron chi connectivity index (χ0n) is 10.8. The monoisotopic (exact) mass is 239 g/mol. The molecule has 1 aromatic heterocycles. The molecule has 5 heteroatoms. The maximum absolute atomic E-state index is 11.0. The topological polar surface area (TPSA) is 58.4 Å². The fraction of sp³-hybridized carbons (Fsp3) is 0.667. The molecule has 0 radical (unpaired) electrons. The standard InChI is InChI=1S/C12H21N3O2/c1-4-14(5-2)10(7-12(16)17)11-8-13-9-15(11)6-3/h8-10H,4-7H2,1-3H3,(H,16,17). The van der Waals surface area contributed by atoms with E-state index >= 15 is 0 Å². The summed E-state index contributed by atoms with van der Waals surface area (Å²) >= 11 is 0. The van der Waals surface area contributed by atoms with E-state index in [2.05, 4.69) is 9.88 Å². The molecule has 1 unspecified atom stereocenters. The molecule has 0 aliphatic rings. The quantitative estimate of drug-likeness (QED) is 0.787. The van der Waals surface area contributed by atoms with Crippen molar-refractivity contribution in [2.24, 2.45) is 0 Å². The highest BCUT2D eigenvalue weighted by molar-refractivity contribution is 5.67.